The van der Waals surface area contributed by atoms with Crippen LogP contribution in [0, 0.1) is 22.7 Å². The summed E-state index contributed by atoms with van der Waals surface area (Å²) < 4.78 is 1.80. The highest BCUT2D eigenvalue weighted by molar-refractivity contribution is 5.28. The van der Waals surface area contributed by atoms with Crippen molar-refractivity contribution in [3.05, 3.63) is 47.8 Å². The smallest absolute Gasteiger partial charge is 0.0864 e. The summed E-state index contributed by atoms with van der Waals surface area (Å²) in [5.74, 6) is -1.21. The van der Waals surface area contributed by atoms with Crippen molar-refractivity contribution in [3.63, 3.8) is 0 Å². The number of aliphatic hydroxyl groups excluding tert-OH is 4. The third-order valence-electron chi connectivity index (χ3n) is 11.0. The summed E-state index contributed by atoms with van der Waals surface area (Å²) in [6.07, 6.45) is 1.14. The zero-order valence-electron chi connectivity index (χ0n) is 21.3. The molecule has 0 unspecified atom stereocenters. The summed E-state index contributed by atoms with van der Waals surface area (Å²) in [5, 5.41) is 76.8. The van der Waals surface area contributed by atoms with Gasteiger partial charge in [0.05, 0.1) is 53.8 Å². The molecule has 4 aliphatic rings. The summed E-state index contributed by atoms with van der Waals surface area (Å²) in [7, 11) is 0. The molecule has 1 aromatic carbocycles. The summed E-state index contributed by atoms with van der Waals surface area (Å²) in [5.41, 5.74) is -2.85. The highest BCUT2D eigenvalue weighted by Crippen LogP contribution is 2.71. The maximum atomic E-state index is 12.4. The Morgan fingerprint density at radius 3 is 2.51 bits per heavy atom. The third kappa shape index (κ3) is 3.38. The Hall–Kier alpha value is -1.88. The molecule has 1 aromatic heterocycles. The zero-order valence-corrected chi connectivity index (χ0v) is 21.3. The first-order valence-corrected chi connectivity index (χ1v) is 13.6. The SMILES string of the molecule is C[C@]12C[C@@H](O)[C@H]3[C@@H](CC[C@]4(O)C[C@@H](O)C[C@@H](O)[C@]34CO)[C@@]1(O)CC[C@@H]2c1cn(Cc2ccccc2)nn1. The van der Waals surface area contributed by atoms with Gasteiger partial charge in [0.2, 0.25) is 0 Å². The fourth-order valence-electron chi connectivity index (χ4n) is 9.30. The topological polar surface area (TPSA) is 152 Å². The molecule has 0 amide bonds. The van der Waals surface area contributed by atoms with Gasteiger partial charge in [-0.05, 0) is 43.6 Å². The zero-order chi connectivity index (χ0) is 26.2. The maximum absolute atomic E-state index is 12.4. The minimum absolute atomic E-state index is 0.0294. The van der Waals surface area contributed by atoms with Gasteiger partial charge in [0, 0.05) is 36.3 Å². The van der Waals surface area contributed by atoms with Gasteiger partial charge < -0.3 is 30.6 Å². The minimum atomic E-state index is -1.51. The number of fused-ring (bicyclic) bond motifs is 5. The van der Waals surface area contributed by atoms with E-state index in [1.807, 2.05) is 43.5 Å². The number of hydrogen-bond donors (Lipinski definition) is 6. The largest absolute Gasteiger partial charge is 0.396 e. The molecule has 202 valence electrons. The van der Waals surface area contributed by atoms with Crippen molar-refractivity contribution < 1.29 is 30.6 Å². The Bertz CT molecular complexity index is 1150. The van der Waals surface area contributed by atoms with E-state index >= 15 is 0 Å². The van der Waals surface area contributed by atoms with Crippen LogP contribution in [0.2, 0.25) is 0 Å². The van der Waals surface area contributed by atoms with Crippen molar-refractivity contribution in [3.8, 4) is 0 Å². The number of aromatic nitrogens is 3. The van der Waals surface area contributed by atoms with Crippen LogP contribution in [0.5, 0.6) is 0 Å². The van der Waals surface area contributed by atoms with Crippen LogP contribution in [-0.2, 0) is 6.54 Å². The fraction of sp³-hybridized carbons (Fsp3) is 0.714. The van der Waals surface area contributed by atoms with Crippen LogP contribution in [0.25, 0.3) is 0 Å². The lowest BCUT2D eigenvalue weighted by atomic mass is 9.40. The van der Waals surface area contributed by atoms with Gasteiger partial charge in [-0.25, -0.2) is 4.68 Å². The Labute approximate surface area is 216 Å². The van der Waals surface area contributed by atoms with Gasteiger partial charge in [0.25, 0.3) is 0 Å². The Balaban J connectivity index is 1.33. The highest BCUT2D eigenvalue weighted by Gasteiger charge is 2.75. The van der Waals surface area contributed by atoms with Gasteiger partial charge in [0.15, 0.2) is 0 Å². The fourth-order valence-corrected chi connectivity index (χ4v) is 9.30. The first kappa shape index (κ1) is 25.4. The van der Waals surface area contributed by atoms with E-state index in [-0.39, 0.29) is 31.6 Å². The maximum Gasteiger partial charge on any atom is 0.0864 e. The minimum Gasteiger partial charge on any atom is -0.396 e. The average molecular weight is 514 g/mol. The van der Waals surface area contributed by atoms with Crippen molar-refractivity contribution in [2.24, 2.45) is 22.7 Å². The van der Waals surface area contributed by atoms with Crippen LogP contribution >= 0.6 is 0 Å². The van der Waals surface area contributed by atoms with Crippen molar-refractivity contribution in [2.75, 3.05) is 6.61 Å². The second-order valence-corrected chi connectivity index (χ2v) is 12.5. The van der Waals surface area contributed by atoms with E-state index in [4.69, 9.17) is 0 Å². The quantitative estimate of drug-likeness (QED) is 0.354. The molecule has 0 bridgehead atoms. The van der Waals surface area contributed by atoms with Gasteiger partial charge in [-0.3, -0.25) is 0 Å². The van der Waals surface area contributed by atoms with Crippen LogP contribution in [-0.4, -0.2) is 81.8 Å². The van der Waals surface area contributed by atoms with Gasteiger partial charge in [0.1, 0.15) is 0 Å². The van der Waals surface area contributed by atoms with Crippen molar-refractivity contribution >= 4 is 0 Å². The first-order valence-electron chi connectivity index (χ1n) is 13.6. The normalized spacial score (nSPS) is 47.2. The lowest BCUT2D eigenvalue weighted by Gasteiger charge is -2.68. The molecule has 0 saturated heterocycles. The molecule has 6 rings (SSSR count). The van der Waals surface area contributed by atoms with Crippen LogP contribution < -0.4 is 0 Å². The summed E-state index contributed by atoms with van der Waals surface area (Å²) in [6, 6.07) is 10.0. The van der Waals surface area contributed by atoms with Gasteiger partial charge in [-0.15, -0.1) is 5.10 Å². The summed E-state index contributed by atoms with van der Waals surface area (Å²) in [4.78, 5) is 0. The monoisotopic (exact) mass is 513 g/mol. The molecule has 4 saturated carbocycles. The number of nitrogens with zero attached hydrogens (tertiary/aromatic N) is 3. The molecule has 4 aliphatic carbocycles. The molecule has 9 nitrogen and oxygen atoms in total. The molecule has 10 atom stereocenters. The Kier molecular flexibility index (Phi) is 5.88. The molecular formula is C28H39N3O6. The van der Waals surface area contributed by atoms with E-state index in [9.17, 15) is 30.6 Å². The van der Waals surface area contributed by atoms with E-state index in [0.29, 0.717) is 25.8 Å². The lowest BCUT2D eigenvalue weighted by molar-refractivity contribution is -0.316. The van der Waals surface area contributed by atoms with Crippen LogP contribution in [0.4, 0.5) is 0 Å². The van der Waals surface area contributed by atoms with Crippen molar-refractivity contribution in [2.45, 2.75) is 93.8 Å². The molecule has 6 N–H and O–H groups in total. The van der Waals surface area contributed by atoms with E-state index < -0.39 is 58.8 Å². The average Bonchev–Trinajstić information content (AvgIpc) is 3.40. The summed E-state index contributed by atoms with van der Waals surface area (Å²) in [6.45, 7) is 2.10. The second kappa shape index (κ2) is 8.56. The summed E-state index contributed by atoms with van der Waals surface area (Å²) >= 11 is 0. The molecule has 1 heterocycles. The van der Waals surface area contributed by atoms with E-state index in [2.05, 4.69) is 10.3 Å². The van der Waals surface area contributed by atoms with E-state index in [0.717, 1.165) is 11.3 Å². The van der Waals surface area contributed by atoms with Crippen LogP contribution in [0.3, 0.4) is 0 Å². The molecular weight excluding hydrogens is 474 g/mol. The van der Waals surface area contributed by atoms with Crippen molar-refractivity contribution in [1.29, 1.82) is 0 Å². The number of benzene rings is 1. The van der Waals surface area contributed by atoms with Crippen LogP contribution in [0.15, 0.2) is 36.5 Å². The number of aliphatic hydroxyl groups is 6. The lowest BCUT2D eigenvalue weighted by Crippen LogP contribution is -2.75. The van der Waals surface area contributed by atoms with Gasteiger partial charge in [-0.1, -0.05) is 42.5 Å². The highest BCUT2D eigenvalue weighted by atomic mass is 16.3. The van der Waals surface area contributed by atoms with Crippen molar-refractivity contribution in [1.82, 2.24) is 15.0 Å². The predicted octanol–water partition coefficient (Wildman–Crippen LogP) is 0.957. The first-order chi connectivity index (χ1) is 17.6. The molecule has 4 fully saturated rings. The number of hydrogen-bond acceptors (Lipinski definition) is 8. The molecule has 0 spiro atoms. The molecule has 2 aromatic rings. The Morgan fingerprint density at radius 2 is 1.78 bits per heavy atom. The molecule has 37 heavy (non-hydrogen) atoms. The molecule has 0 radical (unpaired) electrons. The van der Waals surface area contributed by atoms with E-state index in [1.165, 1.54) is 0 Å². The Morgan fingerprint density at radius 1 is 1.03 bits per heavy atom. The third-order valence-corrected chi connectivity index (χ3v) is 11.0. The van der Waals surface area contributed by atoms with Crippen LogP contribution in [0.1, 0.15) is 69.0 Å². The second-order valence-electron chi connectivity index (χ2n) is 12.5. The standard InChI is InChI=1S/C28H39N3O6/c1-25-13-22(34)24-20(7-9-26(36)12-18(33)11-23(35)27(24,26)16-32)28(25,37)10-8-19(25)21-15-31(30-29-21)14-17-5-3-2-4-6-17/h2-6,15,18-20,22-24,32-37H,7-14,16H2,1H3/t18-,19+,20+,22+,23+,24+,25+,26-,27+,28-/m0/s1. The van der Waals surface area contributed by atoms with Gasteiger partial charge >= 0.3 is 0 Å². The molecule has 0 aliphatic heterocycles. The van der Waals surface area contributed by atoms with E-state index in [1.54, 1.807) is 4.68 Å². The molecule has 9 heteroatoms. The van der Waals surface area contributed by atoms with Gasteiger partial charge in [-0.2, -0.15) is 0 Å². The number of rotatable bonds is 4. The predicted molar refractivity (Wildman–Crippen MR) is 133 cm³/mol.